The third-order valence-electron chi connectivity index (χ3n) is 2.91. The molecule has 0 aromatic heterocycles. The summed E-state index contributed by atoms with van der Waals surface area (Å²) in [6, 6.07) is 0. The molecular weight excluding hydrogens is 270 g/mol. The predicted molar refractivity (Wildman–Crippen MR) is 87.3 cm³/mol. The molecule has 0 saturated heterocycles. The van der Waals surface area contributed by atoms with Gasteiger partial charge in [-0.15, -0.1) is 0 Å². The van der Waals surface area contributed by atoms with Crippen molar-refractivity contribution >= 4 is 14.5 Å². The summed E-state index contributed by atoms with van der Waals surface area (Å²) in [5.74, 6) is 0.610. The Balaban J connectivity index is 5.23. The average molecular weight is 304 g/mol. The molecule has 0 amide bonds. The van der Waals surface area contributed by atoms with E-state index in [1.807, 2.05) is 20.8 Å². The van der Waals surface area contributed by atoms with Crippen molar-refractivity contribution in [1.29, 1.82) is 0 Å². The Bertz CT molecular complexity index is 265. The van der Waals surface area contributed by atoms with Gasteiger partial charge in [-0.3, -0.25) is 4.99 Å². The summed E-state index contributed by atoms with van der Waals surface area (Å²) in [4.78, 5) is 4.87. The van der Waals surface area contributed by atoms with Crippen LogP contribution in [-0.4, -0.2) is 40.0 Å². The van der Waals surface area contributed by atoms with Crippen LogP contribution < -0.4 is 0 Å². The first-order chi connectivity index (χ1) is 9.45. The molecule has 0 heterocycles. The van der Waals surface area contributed by atoms with E-state index >= 15 is 0 Å². The van der Waals surface area contributed by atoms with Crippen molar-refractivity contribution in [2.75, 3.05) is 19.8 Å². The predicted octanol–water partition coefficient (Wildman–Crippen LogP) is 3.86. The van der Waals surface area contributed by atoms with Gasteiger partial charge in [0.25, 0.3) is 0 Å². The van der Waals surface area contributed by atoms with Crippen molar-refractivity contribution in [2.24, 2.45) is 10.9 Å². The Morgan fingerprint density at radius 3 is 1.70 bits per heavy atom. The zero-order valence-corrected chi connectivity index (χ0v) is 15.4. The van der Waals surface area contributed by atoms with E-state index in [1.165, 1.54) is 0 Å². The summed E-state index contributed by atoms with van der Waals surface area (Å²) >= 11 is 0. The van der Waals surface area contributed by atoms with Crippen molar-refractivity contribution in [3.8, 4) is 0 Å². The van der Waals surface area contributed by atoms with Crippen LogP contribution in [0.1, 0.15) is 61.3 Å². The molecule has 0 fully saturated rings. The second kappa shape index (κ2) is 10.5. The van der Waals surface area contributed by atoms with E-state index in [-0.39, 0.29) is 5.67 Å². The van der Waals surface area contributed by atoms with Gasteiger partial charge in [0.15, 0.2) is 0 Å². The molecule has 0 N–H and O–H groups in total. The fraction of sp³-hybridized carbons (Fsp3) is 0.933. The van der Waals surface area contributed by atoms with Crippen LogP contribution in [0.25, 0.3) is 0 Å². The molecular formula is C15H33NO3Si. The third kappa shape index (κ3) is 6.48. The Hall–Kier alpha value is -0.233. The lowest BCUT2D eigenvalue weighted by atomic mass is 10.1. The summed E-state index contributed by atoms with van der Waals surface area (Å²) in [6.45, 7) is 16.4. The van der Waals surface area contributed by atoms with Crippen LogP contribution in [0.2, 0.25) is 0 Å². The molecule has 20 heavy (non-hydrogen) atoms. The van der Waals surface area contributed by atoms with Crippen LogP contribution >= 0.6 is 0 Å². The molecule has 0 aromatic carbocycles. The van der Waals surface area contributed by atoms with Gasteiger partial charge in [-0.2, -0.15) is 0 Å². The van der Waals surface area contributed by atoms with Gasteiger partial charge in [0, 0.05) is 25.5 Å². The van der Waals surface area contributed by atoms with E-state index in [9.17, 15) is 0 Å². The molecule has 0 rings (SSSR count). The quantitative estimate of drug-likeness (QED) is 0.430. The van der Waals surface area contributed by atoms with Crippen molar-refractivity contribution in [3.63, 3.8) is 0 Å². The standard InChI is InChI=1S/C15H33NO3Si/c1-8-15(16-14(7)12-13(5)6)20(17-9-2,18-10-3)19-11-4/h13,15H,8-12H2,1-7H3/b16-14+. The van der Waals surface area contributed by atoms with Gasteiger partial charge in [-0.05, 0) is 46.5 Å². The molecule has 0 saturated carbocycles. The molecule has 1 unspecified atom stereocenters. The van der Waals surface area contributed by atoms with Crippen LogP contribution in [0.15, 0.2) is 4.99 Å². The number of aliphatic imine (C=N–C) groups is 1. The maximum atomic E-state index is 5.96. The minimum Gasteiger partial charge on any atom is -0.373 e. The molecule has 1 atom stereocenters. The number of hydrogen-bond donors (Lipinski definition) is 0. The van der Waals surface area contributed by atoms with E-state index in [2.05, 4.69) is 27.7 Å². The van der Waals surface area contributed by atoms with E-state index in [1.54, 1.807) is 0 Å². The smallest absolute Gasteiger partial charge is 0.373 e. The molecule has 0 aromatic rings. The first-order valence-corrected chi connectivity index (χ1v) is 9.70. The molecule has 5 heteroatoms. The van der Waals surface area contributed by atoms with E-state index in [0.717, 1.165) is 18.6 Å². The molecule has 0 bridgehead atoms. The Labute approximate surface area is 126 Å². The summed E-state index contributed by atoms with van der Waals surface area (Å²) in [5.41, 5.74) is 1.16. The molecule has 4 nitrogen and oxygen atoms in total. The highest BCUT2D eigenvalue weighted by Crippen LogP contribution is 2.21. The highest BCUT2D eigenvalue weighted by molar-refractivity contribution is 6.62. The minimum atomic E-state index is -2.73. The zero-order chi connectivity index (χ0) is 15.6. The first-order valence-electron chi connectivity index (χ1n) is 7.90. The van der Waals surface area contributed by atoms with Crippen molar-refractivity contribution in [2.45, 2.75) is 67.0 Å². The Morgan fingerprint density at radius 2 is 1.40 bits per heavy atom. The van der Waals surface area contributed by atoms with Gasteiger partial charge in [-0.1, -0.05) is 20.8 Å². The van der Waals surface area contributed by atoms with Crippen molar-refractivity contribution in [3.05, 3.63) is 0 Å². The summed E-state index contributed by atoms with van der Waals surface area (Å²) in [6.07, 6.45) is 1.88. The van der Waals surface area contributed by atoms with Gasteiger partial charge in [0.1, 0.15) is 5.67 Å². The molecule has 0 spiro atoms. The number of hydrogen-bond acceptors (Lipinski definition) is 4. The normalized spacial score (nSPS) is 14.9. The largest absolute Gasteiger partial charge is 0.526 e. The third-order valence-corrected chi connectivity index (χ3v) is 6.34. The molecule has 0 aliphatic heterocycles. The molecule has 0 radical (unpaired) electrons. The van der Waals surface area contributed by atoms with Crippen LogP contribution in [0.4, 0.5) is 0 Å². The lowest BCUT2D eigenvalue weighted by Gasteiger charge is -2.33. The highest BCUT2D eigenvalue weighted by Gasteiger charge is 2.48. The van der Waals surface area contributed by atoms with Gasteiger partial charge in [0.05, 0.1) is 0 Å². The fourth-order valence-corrected chi connectivity index (χ4v) is 5.26. The Morgan fingerprint density at radius 1 is 0.950 bits per heavy atom. The van der Waals surface area contributed by atoms with Crippen LogP contribution in [-0.2, 0) is 13.3 Å². The van der Waals surface area contributed by atoms with Crippen LogP contribution in [0.5, 0.6) is 0 Å². The van der Waals surface area contributed by atoms with Gasteiger partial charge in [-0.25, -0.2) is 0 Å². The topological polar surface area (TPSA) is 40.0 Å². The number of nitrogens with zero attached hydrogens (tertiary/aromatic N) is 1. The fourth-order valence-electron chi connectivity index (χ4n) is 2.35. The zero-order valence-electron chi connectivity index (χ0n) is 14.4. The lowest BCUT2D eigenvalue weighted by molar-refractivity contribution is 0.0620. The second-order valence-corrected chi connectivity index (χ2v) is 8.03. The number of rotatable bonds is 11. The molecule has 0 aliphatic rings. The van der Waals surface area contributed by atoms with Gasteiger partial charge in [0.2, 0.25) is 0 Å². The average Bonchev–Trinajstić information content (AvgIpc) is 2.35. The van der Waals surface area contributed by atoms with Crippen molar-refractivity contribution < 1.29 is 13.3 Å². The first kappa shape index (κ1) is 19.8. The lowest BCUT2D eigenvalue weighted by Crippen LogP contribution is -2.56. The van der Waals surface area contributed by atoms with E-state index in [0.29, 0.717) is 25.7 Å². The van der Waals surface area contributed by atoms with Crippen LogP contribution in [0, 0.1) is 5.92 Å². The molecule has 120 valence electrons. The SMILES string of the molecule is CCO[Si](OCC)(OCC)C(CC)/N=C(\C)CC(C)C. The van der Waals surface area contributed by atoms with Crippen LogP contribution in [0.3, 0.4) is 0 Å². The van der Waals surface area contributed by atoms with E-state index in [4.69, 9.17) is 18.3 Å². The maximum Gasteiger partial charge on any atom is 0.526 e. The summed E-state index contributed by atoms with van der Waals surface area (Å²) in [7, 11) is -2.73. The van der Waals surface area contributed by atoms with Crippen molar-refractivity contribution in [1.82, 2.24) is 0 Å². The maximum absolute atomic E-state index is 5.96. The molecule has 0 aliphatic carbocycles. The Kier molecular flexibility index (Phi) is 10.4. The monoisotopic (exact) mass is 303 g/mol. The van der Waals surface area contributed by atoms with Gasteiger partial charge >= 0.3 is 8.80 Å². The minimum absolute atomic E-state index is 0.00102. The summed E-state index contributed by atoms with van der Waals surface area (Å²) in [5, 5.41) is 0. The van der Waals surface area contributed by atoms with Gasteiger partial charge < -0.3 is 13.3 Å². The summed E-state index contributed by atoms with van der Waals surface area (Å²) < 4.78 is 17.9. The second-order valence-electron chi connectivity index (χ2n) is 5.29. The van der Waals surface area contributed by atoms with E-state index < -0.39 is 8.80 Å². The highest BCUT2D eigenvalue weighted by atomic mass is 28.4.